The van der Waals surface area contributed by atoms with Crippen molar-refractivity contribution in [3.63, 3.8) is 0 Å². The van der Waals surface area contributed by atoms with Crippen molar-refractivity contribution in [2.75, 3.05) is 33.2 Å². The van der Waals surface area contributed by atoms with Gasteiger partial charge in [0.05, 0.1) is 6.04 Å². The lowest BCUT2D eigenvalue weighted by atomic mass is 9.72. The van der Waals surface area contributed by atoms with Crippen LogP contribution in [0.25, 0.3) is 0 Å². The van der Waals surface area contributed by atoms with Crippen LogP contribution in [0, 0.1) is 5.41 Å². The quantitative estimate of drug-likeness (QED) is 0.777. The van der Waals surface area contributed by atoms with Gasteiger partial charge in [0.25, 0.3) is 0 Å². The molecule has 2 saturated heterocycles. The largest absolute Gasteiger partial charge is 0.342 e. The summed E-state index contributed by atoms with van der Waals surface area (Å²) in [5.74, 6) is 0.449. The Hall–Kier alpha value is -1.37. The van der Waals surface area contributed by atoms with E-state index in [2.05, 4.69) is 16.4 Å². The van der Waals surface area contributed by atoms with Crippen molar-refractivity contribution in [2.45, 2.75) is 45.1 Å². The fourth-order valence-corrected chi connectivity index (χ4v) is 4.12. The van der Waals surface area contributed by atoms with E-state index in [0.717, 1.165) is 51.9 Å². The number of halogens is 2. The van der Waals surface area contributed by atoms with Crippen LogP contribution >= 0.6 is 24.8 Å². The zero-order valence-electron chi connectivity index (χ0n) is 16.7. The summed E-state index contributed by atoms with van der Waals surface area (Å²) < 4.78 is 0. The number of hydrogen-bond donors (Lipinski definition) is 1. The highest BCUT2D eigenvalue weighted by molar-refractivity contribution is 5.85. The summed E-state index contributed by atoms with van der Waals surface area (Å²) in [6.07, 6.45) is 8.07. The molecule has 1 spiro atoms. The molecule has 1 N–H and O–H groups in total. The molecule has 2 amide bonds. The predicted octanol–water partition coefficient (Wildman–Crippen LogP) is 2.31. The summed E-state index contributed by atoms with van der Waals surface area (Å²) in [7, 11) is 1.82. The third-order valence-electron chi connectivity index (χ3n) is 6.08. The van der Waals surface area contributed by atoms with E-state index in [1.165, 1.54) is 5.56 Å². The van der Waals surface area contributed by atoms with Gasteiger partial charge in [-0.05, 0) is 56.7 Å². The Morgan fingerprint density at radius 1 is 1.29 bits per heavy atom. The number of nitrogens with zero attached hydrogens (tertiary/aromatic N) is 3. The summed E-state index contributed by atoms with van der Waals surface area (Å²) >= 11 is 0. The van der Waals surface area contributed by atoms with Crippen LogP contribution in [-0.4, -0.2) is 65.9 Å². The second-order valence-corrected chi connectivity index (χ2v) is 7.76. The molecule has 0 bridgehead atoms. The Labute approximate surface area is 180 Å². The minimum absolute atomic E-state index is 0. The first-order valence-corrected chi connectivity index (χ1v) is 9.66. The first-order chi connectivity index (χ1) is 12.5. The molecule has 8 heteroatoms. The van der Waals surface area contributed by atoms with Gasteiger partial charge in [-0.25, -0.2) is 0 Å². The Bertz CT molecular complexity index is 636. The monoisotopic (exact) mass is 430 g/mol. The Balaban J connectivity index is 0.00000196. The first kappa shape index (κ1) is 24.7. The lowest BCUT2D eigenvalue weighted by Crippen LogP contribution is -2.54. The number of carbonyl (C=O) groups is 2. The number of pyridine rings is 1. The number of amides is 2. The SMILES string of the molecule is CN[C@@H](C)C(=O)N1CCC2(CCC(=O)N(CCc3cccnc3)C2)CC1.Cl.Cl. The molecule has 0 saturated carbocycles. The molecule has 28 heavy (non-hydrogen) atoms. The Morgan fingerprint density at radius 3 is 2.61 bits per heavy atom. The van der Waals surface area contributed by atoms with Crippen molar-refractivity contribution in [2.24, 2.45) is 5.41 Å². The van der Waals surface area contributed by atoms with Gasteiger partial charge < -0.3 is 15.1 Å². The van der Waals surface area contributed by atoms with Crippen LogP contribution in [0.15, 0.2) is 24.5 Å². The number of likely N-dealkylation sites (N-methyl/N-ethyl adjacent to an activating group) is 1. The maximum atomic E-state index is 12.4. The van der Waals surface area contributed by atoms with Crippen LogP contribution in [0.5, 0.6) is 0 Å². The molecular formula is C20H32Cl2N4O2. The summed E-state index contributed by atoms with van der Waals surface area (Å²) in [5.41, 5.74) is 1.35. The van der Waals surface area contributed by atoms with Crippen molar-refractivity contribution in [1.82, 2.24) is 20.1 Å². The van der Waals surface area contributed by atoms with Crippen molar-refractivity contribution in [1.29, 1.82) is 0 Å². The molecule has 1 aromatic rings. The van der Waals surface area contributed by atoms with Gasteiger partial charge in [0.1, 0.15) is 0 Å². The fraction of sp³-hybridized carbons (Fsp3) is 0.650. The number of nitrogens with one attached hydrogen (secondary N) is 1. The van der Waals surface area contributed by atoms with E-state index in [0.29, 0.717) is 6.42 Å². The first-order valence-electron chi connectivity index (χ1n) is 9.66. The van der Waals surface area contributed by atoms with Gasteiger partial charge in [0.15, 0.2) is 0 Å². The van der Waals surface area contributed by atoms with Crippen molar-refractivity contribution >= 4 is 36.6 Å². The molecule has 0 unspecified atom stereocenters. The zero-order chi connectivity index (χ0) is 18.6. The summed E-state index contributed by atoms with van der Waals surface area (Å²) in [4.78, 5) is 32.9. The molecule has 1 aromatic heterocycles. The van der Waals surface area contributed by atoms with Crippen LogP contribution in [0.2, 0.25) is 0 Å². The molecule has 0 aromatic carbocycles. The van der Waals surface area contributed by atoms with E-state index >= 15 is 0 Å². The second-order valence-electron chi connectivity index (χ2n) is 7.76. The normalized spacial score (nSPS) is 19.6. The predicted molar refractivity (Wildman–Crippen MR) is 115 cm³/mol. The number of piperidine rings is 2. The van der Waals surface area contributed by atoms with Gasteiger partial charge in [-0.2, -0.15) is 0 Å². The standard InChI is InChI=1S/C20H30N4O2.2ClH/c1-16(21-2)19(26)23-12-8-20(9-13-23)7-5-18(25)24(15-20)11-6-17-4-3-10-22-14-17;;/h3-4,10,14,16,21H,5-9,11-13,15H2,1-2H3;2*1H/t16-;;/m0../s1. The molecule has 2 fully saturated rings. The third kappa shape index (κ3) is 5.82. The maximum Gasteiger partial charge on any atom is 0.239 e. The number of carbonyl (C=O) groups excluding carboxylic acids is 2. The molecule has 0 aliphatic carbocycles. The topological polar surface area (TPSA) is 65.5 Å². The highest BCUT2D eigenvalue weighted by Crippen LogP contribution is 2.40. The Morgan fingerprint density at radius 2 is 2.00 bits per heavy atom. The van der Waals surface area contributed by atoms with E-state index in [9.17, 15) is 9.59 Å². The van der Waals surface area contributed by atoms with Crippen molar-refractivity contribution in [3.8, 4) is 0 Å². The van der Waals surface area contributed by atoms with Crippen molar-refractivity contribution < 1.29 is 9.59 Å². The molecule has 2 aliphatic heterocycles. The summed E-state index contributed by atoms with van der Waals surface area (Å²) in [6.45, 7) is 5.10. The molecule has 2 aliphatic rings. The van der Waals surface area contributed by atoms with Crippen LogP contribution in [0.4, 0.5) is 0 Å². The number of aromatic nitrogens is 1. The van der Waals surface area contributed by atoms with Gasteiger partial charge in [0.2, 0.25) is 11.8 Å². The molecule has 3 heterocycles. The number of hydrogen-bond acceptors (Lipinski definition) is 4. The van der Waals surface area contributed by atoms with Gasteiger partial charge >= 0.3 is 0 Å². The average molecular weight is 431 g/mol. The van der Waals surface area contributed by atoms with Gasteiger partial charge in [-0.15, -0.1) is 24.8 Å². The van der Waals surface area contributed by atoms with E-state index < -0.39 is 0 Å². The maximum absolute atomic E-state index is 12.4. The van der Waals surface area contributed by atoms with Crippen LogP contribution in [0.1, 0.15) is 38.2 Å². The third-order valence-corrected chi connectivity index (χ3v) is 6.08. The van der Waals surface area contributed by atoms with E-state index in [4.69, 9.17) is 0 Å². The molecule has 0 radical (unpaired) electrons. The highest BCUT2D eigenvalue weighted by Gasteiger charge is 2.41. The molecule has 1 atom stereocenters. The van der Waals surface area contributed by atoms with E-state index in [1.807, 2.05) is 36.0 Å². The van der Waals surface area contributed by atoms with Crippen LogP contribution < -0.4 is 5.32 Å². The summed E-state index contributed by atoms with van der Waals surface area (Å²) in [6, 6.07) is 3.87. The minimum Gasteiger partial charge on any atom is -0.342 e. The Kier molecular flexibility index (Phi) is 9.67. The van der Waals surface area contributed by atoms with Crippen LogP contribution in [0.3, 0.4) is 0 Å². The molecule has 3 rings (SSSR count). The lowest BCUT2D eigenvalue weighted by molar-refractivity contribution is -0.143. The van der Waals surface area contributed by atoms with Crippen molar-refractivity contribution in [3.05, 3.63) is 30.1 Å². The average Bonchev–Trinajstić information content (AvgIpc) is 2.69. The van der Waals surface area contributed by atoms with E-state index in [1.54, 1.807) is 6.20 Å². The molecular weight excluding hydrogens is 399 g/mol. The smallest absolute Gasteiger partial charge is 0.239 e. The van der Waals surface area contributed by atoms with Gasteiger partial charge in [-0.3, -0.25) is 14.6 Å². The molecule has 6 nitrogen and oxygen atoms in total. The van der Waals surface area contributed by atoms with Gasteiger partial charge in [-0.1, -0.05) is 6.07 Å². The minimum atomic E-state index is -0.132. The van der Waals surface area contributed by atoms with Crippen LogP contribution in [-0.2, 0) is 16.0 Å². The number of likely N-dealkylation sites (tertiary alicyclic amines) is 2. The van der Waals surface area contributed by atoms with Gasteiger partial charge in [0, 0.05) is 45.0 Å². The lowest BCUT2D eigenvalue weighted by Gasteiger charge is -2.47. The second kappa shape index (κ2) is 11.0. The highest BCUT2D eigenvalue weighted by atomic mass is 35.5. The van der Waals surface area contributed by atoms with E-state index in [-0.39, 0.29) is 48.1 Å². The fourth-order valence-electron chi connectivity index (χ4n) is 4.12. The number of rotatable bonds is 5. The summed E-state index contributed by atoms with van der Waals surface area (Å²) in [5, 5.41) is 3.03. The zero-order valence-corrected chi connectivity index (χ0v) is 18.4. The molecule has 158 valence electrons.